The summed E-state index contributed by atoms with van der Waals surface area (Å²) in [5, 5.41) is 6.21. The first-order valence-corrected chi connectivity index (χ1v) is 7.86. The molecule has 7 heteroatoms. The number of carbonyl (C=O) groups excluding carboxylic acids is 2. The average Bonchev–Trinajstić information content (AvgIpc) is 2.47. The standard InChI is InChI=1S/C17H16Cl2N2O3/c1-10-7-12(18)8-15(19)17(10)24-9-16(23)21-14-5-3-13(4-6-14)20-11(2)22/h3-8H,9H2,1-2H3,(H,20,22)(H,21,23). The molecule has 0 aliphatic heterocycles. The van der Waals surface area contributed by atoms with Crippen molar-refractivity contribution in [3.63, 3.8) is 0 Å². The van der Waals surface area contributed by atoms with E-state index in [0.29, 0.717) is 27.2 Å². The molecular formula is C17H16Cl2N2O3. The number of aryl methyl sites for hydroxylation is 1. The van der Waals surface area contributed by atoms with E-state index >= 15 is 0 Å². The maximum atomic E-state index is 12.0. The fourth-order valence-electron chi connectivity index (χ4n) is 2.05. The molecule has 5 nitrogen and oxygen atoms in total. The van der Waals surface area contributed by atoms with Crippen molar-refractivity contribution in [1.82, 2.24) is 0 Å². The average molecular weight is 367 g/mol. The maximum Gasteiger partial charge on any atom is 0.262 e. The van der Waals surface area contributed by atoms with Crippen LogP contribution in [0.5, 0.6) is 5.75 Å². The van der Waals surface area contributed by atoms with Crippen LogP contribution < -0.4 is 15.4 Å². The second-order valence-electron chi connectivity index (χ2n) is 5.13. The van der Waals surface area contributed by atoms with Crippen molar-refractivity contribution in [3.05, 3.63) is 52.0 Å². The first-order valence-electron chi connectivity index (χ1n) is 7.11. The third-order valence-electron chi connectivity index (χ3n) is 3.03. The Kier molecular flexibility index (Phi) is 6.06. The van der Waals surface area contributed by atoms with Gasteiger partial charge in [0.15, 0.2) is 6.61 Å². The van der Waals surface area contributed by atoms with Crippen LogP contribution in [-0.4, -0.2) is 18.4 Å². The number of nitrogens with one attached hydrogen (secondary N) is 2. The van der Waals surface area contributed by atoms with E-state index in [0.717, 1.165) is 5.56 Å². The van der Waals surface area contributed by atoms with Crippen molar-refractivity contribution < 1.29 is 14.3 Å². The van der Waals surface area contributed by atoms with Gasteiger partial charge in [-0.25, -0.2) is 0 Å². The Morgan fingerprint density at radius 1 is 1.04 bits per heavy atom. The van der Waals surface area contributed by atoms with Crippen molar-refractivity contribution in [2.24, 2.45) is 0 Å². The normalized spacial score (nSPS) is 10.2. The number of rotatable bonds is 5. The summed E-state index contributed by atoms with van der Waals surface area (Å²) in [5.74, 6) is -0.0553. The summed E-state index contributed by atoms with van der Waals surface area (Å²) in [5.41, 5.74) is 2.00. The van der Waals surface area contributed by atoms with Gasteiger partial charge in [0, 0.05) is 23.3 Å². The van der Waals surface area contributed by atoms with Gasteiger partial charge in [-0.3, -0.25) is 9.59 Å². The van der Waals surface area contributed by atoms with Gasteiger partial charge in [0.1, 0.15) is 5.75 Å². The Balaban J connectivity index is 1.93. The van der Waals surface area contributed by atoms with E-state index in [1.165, 1.54) is 6.92 Å². The number of hydrogen-bond acceptors (Lipinski definition) is 3. The molecule has 0 saturated carbocycles. The topological polar surface area (TPSA) is 67.4 Å². The van der Waals surface area contributed by atoms with Crippen LogP contribution in [-0.2, 0) is 9.59 Å². The Labute approximate surface area is 149 Å². The molecule has 24 heavy (non-hydrogen) atoms. The quantitative estimate of drug-likeness (QED) is 0.829. The number of benzene rings is 2. The van der Waals surface area contributed by atoms with Crippen molar-refractivity contribution >= 4 is 46.4 Å². The zero-order chi connectivity index (χ0) is 17.7. The summed E-state index contributed by atoms with van der Waals surface area (Å²) in [6.07, 6.45) is 0. The van der Waals surface area contributed by atoms with Gasteiger partial charge in [0.2, 0.25) is 5.91 Å². The molecule has 0 unspecified atom stereocenters. The zero-order valence-corrected chi connectivity index (χ0v) is 14.7. The van der Waals surface area contributed by atoms with Crippen LogP contribution in [0.25, 0.3) is 0 Å². The van der Waals surface area contributed by atoms with Crippen molar-refractivity contribution in [2.45, 2.75) is 13.8 Å². The van der Waals surface area contributed by atoms with E-state index in [2.05, 4.69) is 10.6 Å². The molecule has 2 N–H and O–H groups in total. The van der Waals surface area contributed by atoms with Gasteiger partial charge >= 0.3 is 0 Å². The first kappa shape index (κ1) is 18.1. The lowest BCUT2D eigenvalue weighted by Gasteiger charge is -2.12. The molecule has 0 atom stereocenters. The third-order valence-corrected chi connectivity index (χ3v) is 3.53. The Morgan fingerprint density at radius 3 is 2.17 bits per heavy atom. The van der Waals surface area contributed by atoms with E-state index in [4.69, 9.17) is 27.9 Å². The van der Waals surface area contributed by atoms with Gasteiger partial charge in [-0.05, 0) is 48.9 Å². The molecule has 2 aromatic rings. The lowest BCUT2D eigenvalue weighted by atomic mass is 10.2. The van der Waals surface area contributed by atoms with E-state index in [9.17, 15) is 9.59 Å². The Bertz CT molecular complexity index is 738. The van der Waals surface area contributed by atoms with E-state index in [1.807, 2.05) is 0 Å². The Morgan fingerprint density at radius 2 is 1.62 bits per heavy atom. The number of ether oxygens (including phenoxy) is 1. The number of anilines is 2. The predicted molar refractivity (Wildman–Crippen MR) is 96.1 cm³/mol. The number of hydrogen-bond donors (Lipinski definition) is 2. The largest absolute Gasteiger partial charge is 0.482 e. The molecule has 2 amide bonds. The first-order chi connectivity index (χ1) is 11.3. The summed E-state index contributed by atoms with van der Waals surface area (Å²) in [4.78, 5) is 22.9. The second-order valence-corrected chi connectivity index (χ2v) is 5.97. The molecule has 0 bridgehead atoms. The number of amides is 2. The molecule has 0 aliphatic carbocycles. The molecular weight excluding hydrogens is 351 g/mol. The SMILES string of the molecule is CC(=O)Nc1ccc(NC(=O)COc2c(C)cc(Cl)cc2Cl)cc1. The molecule has 0 fully saturated rings. The summed E-state index contributed by atoms with van der Waals surface area (Å²) in [6.45, 7) is 3.04. The highest BCUT2D eigenvalue weighted by Gasteiger charge is 2.10. The van der Waals surface area contributed by atoms with Gasteiger partial charge in [-0.2, -0.15) is 0 Å². The molecule has 0 aromatic heterocycles. The van der Waals surface area contributed by atoms with Crippen LogP contribution in [0.4, 0.5) is 11.4 Å². The number of halogens is 2. The molecule has 2 rings (SSSR count). The molecule has 126 valence electrons. The highest BCUT2D eigenvalue weighted by Crippen LogP contribution is 2.31. The van der Waals surface area contributed by atoms with Gasteiger partial charge in [-0.15, -0.1) is 0 Å². The fourth-order valence-corrected chi connectivity index (χ4v) is 2.70. The minimum atomic E-state index is -0.326. The fraction of sp³-hybridized carbons (Fsp3) is 0.176. The zero-order valence-electron chi connectivity index (χ0n) is 13.2. The molecule has 2 aromatic carbocycles. The van der Waals surface area contributed by atoms with Crippen LogP contribution >= 0.6 is 23.2 Å². The van der Waals surface area contributed by atoms with Gasteiger partial charge in [-0.1, -0.05) is 23.2 Å². The second kappa shape index (κ2) is 8.04. The Hall–Kier alpha value is -2.24. The molecule has 0 spiro atoms. The van der Waals surface area contributed by atoms with Crippen molar-refractivity contribution in [1.29, 1.82) is 0 Å². The minimum absolute atomic E-state index is 0.157. The van der Waals surface area contributed by atoms with Gasteiger partial charge in [0.05, 0.1) is 5.02 Å². The van der Waals surface area contributed by atoms with Crippen molar-refractivity contribution in [3.8, 4) is 5.75 Å². The molecule has 0 saturated heterocycles. The van der Waals surface area contributed by atoms with Crippen LogP contribution in [0.2, 0.25) is 10.0 Å². The lowest BCUT2D eigenvalue weighted by Crippen LogP contribution is -2.20. The molecule has 0 aliphatic rings. The molecule has 0 heterocycles. The highest BCUT2D eigenvalue weighted by molar-refractivity contribution is 6.35. The number of carbonyl (C=O) groups is 2. The minimum Gasteiger partial charge on any atom is -0.482 e. The highest BCUT2D eigenvalue weighted by atomic mass is 35.5. The monoisotopic (exact) mass is 366 g/mol. The summed E-state index contributed by atoms with van der Waals surface area (Å²) in [6, 6.07) is 10.0. The van der Waals surface area contributed by atoms with E-state index < -0.39 is 0 Å². The van der Waals surface area contributed by atoms with E-state index in [1.54, 1.807) is 43.3 Å². The summed E-state index contributed by atoms with van der Waals surface area (Å²) in [7, 11) is 0. The van der Waals surface area contributed by atoms with Gasteiger partial charge < -0.3 is 15.4 Å². The smallest absolute Gasteiger partial charge is 0.262 e. The lowest BCUT2D eigenvalue weighted by molar-refractivity contribution is -0.118. The predicted octanol–water partition coefficient (Wildman–Crippen LogP) is 4.28. The summed E-state index contributed by atoms with van der Waals surface area (Å²) < 4.78 is 5.47. The van der Waals surface area contributed by atoms with Crippen LogP contribution in [0.15, 0.2) is 36.4 Å². The third kappa shape index (κ3) is 5.15. The van der Waals surface area contributed by atoms with E-state index in [-0.39, 0.29) is 18.4 Å². The molecule has 0 radical (unpaired) electrons. The van der Waals surface area contributed by atoms with Gasteiger partial charge in [0.25, 0.3) is 5.91 Å². The summed E-state index contributed by atoms with van der Waals surface area (Å²) >= 11 is 12.0. The van der Waals surface area contributed by atoms with Crippen LogP contribution in [0, 0.1) is 6.92 Å². The van der Waals surface area contributed by atoms with Crippen LogP contribution in [0.1, 0.15) is 12.5 Å². The van der Waals surface area contributed by atoms with Crippen LogP contribution in [0.3, 0.4) is 0 Å². The van der Waals surface area contributed by atoms with Crippen molar-refractivity contribution in [2.75, 3.05) is 17.2 Å². The maximum absolute atomic E-state index is 12.0.